The molecule has 0 radical (unpaired) electrons. The Morgan fingerprint density at radius 1 is 1.21 bits per heavy atom. The summed E-state index contributed by atoms with van der Waals surface area (Å²) in [6.45, 7) is 6.83. The normalized spacial score (nSPS) is 21.1. The second-order valence-electron chi connectivity index (χ2n) is 7.57. The van der Waals surface area contributed by atoms with Crippen LogP contribution in [-0.4, -0.2) is 70.9 Å². The maximum Gasteiger partial charge on any atom is 0.257 e. The van der Waals surface area contributed by atoms with E-state index < -0.39 is 0 Å². The van der Waals surface area contributed by atoms with Crippen LogP contribution in [0.1, 0.15) is 35.3 Å². The highest BCUT2D eigenvalue weighted by atomic mass is 19.1. The molecule has 0 saturated carbocycles. The lowest BCUT2D eigenvalue weighted by Gasteiger charge is -2.39. The molecule has 7 heteroatoms. The van der Waals surface area contributed by atoms with Gasteiger partial charge in [-0.3, -0.25) is 9.69 Å². The zero-order chi connectivity index (χ0) is 19.5. The van der Waals surface area contributed by atoms with Gasteiger partial charge >= 0.3 is 0 Å². The number of hydrogen-bond acceptors (Lipinski definition) is 4. The van der Waals surface area contributed by atoms with Gasteiger partial charge in [0, 0.05) is 32.2 Å². The summed E-state index contributed by atoms with van der Waals surface area (Å²) in [6, 6.07) is 6.69. The fourth-order valence-electron chi connectivity index (χ4n) is 4.18. The average molecular weight is 386 g/mol. The first kappa shape index (κ1) is 19.1. The molecule has 1 atom stereocenters. The molecule has 0 N–H and O–H groups in total. The van der Waals surface area contributed by atoms with Crippen molar-refractivity contribution in [1.82, 2.24) is 19.6 Å². The van der Waals surface area contributed by atoms with Crippen molar-refractivity contribution < 1.29 is 13.9 Å². The summed E-state index contributed by atoms with van der Waals surface area (Å²) >= 11 is 0. The van der Waals surface area contributed by atoms with Gasteiger partial charge in [-0.2, -0.15) is 5.10 Å². The summed E-state index contributed by atoms with van der Waals surface area (Å²) < 4.78 is 21.1. The van der Waals surface area contributed by atoms with E-state index in [1.165, 1.54) is 10.7 Å². The number of rotatable bonds is 4. The zero-order valence-electron chi connectivity index (χ0n) is 16.3. The van der Waals surface area contributed by atoms with Gasteiger partial charge in [-0.25, -0.2) is 9.07 Å². The van der Waals surface area contributed by atoms with Crippen molar-refractivity contribution >= 4 is 5.91 Å². The van der Waals surface area contributed by atoms with Crippen LogP contribution in [0.5, 0.6) is 0 Å². The van der Waals surface area contributed by atoms with Gasteiger partial charge in [0.15, 0.2) is 0 Å². The molecule has 1 aromatic carbocycles. The smallest absolute Gasteiger partial charge is 0.257 e. The number of hydrogen-bond donors (Lipinski definition) is 0. The van der Waals surface area contributed by atoms with Gasteiger partial charge in [0.1, 0.15) is 11.5 Å². The molecule has 2 aromatic rings. The average Bonchev–Trinajstić information content (AvgIpc) is 3.10. The number of aromatic nitrogens is 2. The minimum Gasteiger partial charge on any atom is -0.379 e. The van der Waals surface area contributed by atoms with Crippen LogP contribution in [0.25, 0.3) is 5.69 Å². The first-order chi connectivity index (χ1) is 13.6. The lowest BCUT2D eigenvalue weighted by atomic mass is 10.00. The van der Waals surface area contributed by atoms with Crippen molar-refractivity contribution in [3.63, 3.8) is 0 Å². The standard InChI is InChI=1S/C21H27FN4O2/c1-16-18(14-23-26(16)20-8-3-2-7-19(20)22)21(27)25-9-5-4-6-17(25)15-24-10-12-28-13-11-24/h2-3,7-8,14,17H,4-6,9-13,15H2,1H3. The van der Waals surface area contributed by atoms with Crippen molar-refractivity contribution in [2.45, 2.75) is 32.2 Å². The molecule has 1 aromatic heterocycles. The fraction of sp³-hybridized carbons (Fsp3) is 0.524. The molecule has 2 saturated heterocycles. The second kappa shape index (κ2) is 8.41. The Morgan fingerprint density at radius 3 is 2.79 bits per heavy atom. The number of amides is 1. The molecular weight excluding hydrogens is 359 g/mol. The van der Waals surface area contributed by atoms with Gasteiger partial charge < -0.3 is 9.64 Å². The number of nitrogens with zero attached hydrogens (tertiary/aromatic N) is 4. The molecule has 0 aliphatic carbocycles. The molecule has 3 heterocycles. The van der Waals surface area contributed by atoms with Crippen molar-refractivity contribution in [2.75, 3.05) is 39.4 Å². The van der Waals surface area contributed by atoms with E-state index in [0.29, 0.717) is 16.9 Å². The predicted octanol–water partition coefficient (Wildman–Crippen LogP) is 2.65. The zero-order valence-corrected chi connectivity index (χ0v) is 16.3. The predicted molar refractivity (Wildman–Crippen MR) is 104 cm³/mol. The first-order valence-corrected chi connectivity index (χ1v) is 10.1. The van der Waals surface area contributed by atoms with E-state index >= 15 is 0 Å². The first-order valence-electron chi connectivity index (χ1n) is 10.1. The van der Waals surface area contributed by atoms with Gasteiger partial charge in [-0.1, -0.05) is 12.1 Å². The molecule has 2 aliphatic rings. The van der Waals surface area contributed by atoms with Crippen LogP contribution in [0, 0.1) is 12.7 Å². The number of carbonyl (C=O) groups is 1. The van der Waals surface area contributed by atoms with Crippen LogP contribution in [0.4, 0.5) is 4.39 Å². The van der Waals surface area contributed by atoms with Crippen LogP contribution < -0.4 is 0 Å². The van der Waals surface area contributed by atoms with Crippen LogP contribution >= 0.6 is 0 Å². The molecule has 28 heavy (non-hydrogen) atoms. The van der Waals surface area contributed by atoms with E-state index in [4.69, 9.17) is 4.74 Å². The van der Waals surface area contributed by atoms with Crippen molar-refractivity contribution in [2.24, 2.45) is 0 Å². The lowest BCUT2D eigenvalue weighted by molar-refractivity contribution is 0.0166. The lowest BCUT2D eigenvalue weighted by Crippen LogP contribution is -2.51. The maximum atomic E-state index is 14.2. The number of benzene rings is 1. The SMILES string of the molecule is Cc1c(C(=O)N2CCCCC2CN2CCOCC2)cnn1-c1ccccc1F. The Hall–Kier alpha value is -2.25. The molecule has 4 rings (SSSR count). The highest BCUT2D eigenvalue weighted by molar-refractivity contribution is 5.95. The minimum atomic E-state index is -0.351. The summed E-state index contributed by atoms with van der Waals surface area (Å²) in [4.78, 5) is 17.7. The molecule has 150 valence electrons. The number of piperidine rings is 1. The summed E-state index contributed by atoms with van der Waals surface area (Å²) in [5.74, 6) is -0.353. The number of halogens is 1. The number of para-hydroxylation sites is 1. The molecule has 1 unspecified atom stereocenters. The number of morpholine rings is 1. The maximum absolute atomic E-state index is 14.2. The largest absolute Gasteiger partial charge is 0.379 e. The van der Waals surface area contributed by atoms with E-state index in [2.05, 4.69) is 10.00 Å². The number of likely N-dealkylation sites (tertiary alicyclic amines) is 1. The van der Waals surface area contributed by atoms with Gasteiger partial charge in [0.2, 0.25) is 0 Å². The monoisotopic (exact) mass is 386 g/mol. The Morgan fingerprint density at radius 2 is 2.00 bits per heavy atom. The van der Waals surface area contributed by atoms with Crippen molar-refractivity contribution in [3.05, 3.63) is 47.5 Å². The van der Waals surface area contributed by atoms with Gasteiger partial charge in [0.25, 0.3) is 5.91 Å². The van der Waals surface area contributed by atoms with E-state index in [1.54, 1.807) is 24.4 Å². The van der Waals surface area contributed by atoms with E-state index in [1.807, 2.05) is 11.8 Å². The molecule has 1 amide bonds. The molecule has 6 nitrogen and oxygen atoms in total. The highest BCUT2D eigenvalue weighted by Crippen LogP contribution is 2.24. The Kier molecular flexibility index (Phi) is 5.73. The van der Waals surface area contributed by atoms with Crippen LogP contribution in [-0.2, 0) is 4.74 Å². The van der Waals surface area contributed by atoms with Gasteiger partial charge in [0.05, 0.1) is 30.7 Å². The van der Waals surface area contributed by atoms with E-state index in [0.717, 1.165) is 58.7 Å². The summed E-state index contributed by atoms with van der Waals surface area (Å²) in [5, 5.41) is 4.31. The Bertz CT molecular complexity index is 832. The van der Waals surface area contributed by atoms with Gasteiger partial charge in [-0.05, 0) is 38.3 Å². The van der Waals surface area contributed by atoms with Gasteiger partial charge in [-0.15, -0.1) is 0 Å². The third kappa shape index (κ3) is 3.82. The van der Waals surface area contributed by atoms with Crippen LogP contribution in [0.3, 0.4) is 0 Å². The van der Waals surface area contributed by atoms with Crippen molar-refractivity contribution in [3.8, 4) is 5.69 Å². The Balaban J connectivity index is 1.55. The van der Waals surface area contributed by atoms with E-state index in [9.17, 15) is 9.18 Å². The molecule has 2 aliphatic heterocycles. The Labute approximate surface area is 164 Å². The highest BCUT2D eigenvalue weighted by Gasteiger charge is 2.31. The summed E-state index contributed by atoms with van der Waals surface area (Å²) in [7, 11) is 0. The molecule has 0 bridgehead atoms. The molecule has 0 spiro atoms. The van der Waals surface area contributed by atoms with Crippen LogP contribution in [0.2, 0.25) is 0 Å². The van der Waals surface area contributed by atoms with Crippen LogP contribution in [0.15, 0.2) is 30.5 Å². The van der Waals surface area contributed by atoms with Crippen molar-refractivity contribution in [1.29, 1.82) is 0 Å². The topological polar surface area (TPSA) is 50.6 Å². The minimum absolute atomic E-state index is 0.00181. The third-order valence-electron chi connectivity index (χ3n) is 5.78. The summed E-state index contributed by atoms with van der Waals surface area (Å²) in [6.07, 6.45) is 4.76. The van der Waals surface area contributed by atoms with E-state index in [-0.39, 0.29) is 17.8 Å². The number of ether oxygens (including phenoxy) is 1. The summed E-state index contributed by atoms with van der Waals surface area (Å²) in [5.41, 5.74) is 1.59. The molecular formula is C21H27FN4O2. The fourth-order valence-corrected chi connectivity index (χ4v) is 4.18. The third-order valence-corrected chi connectivity index (χ3v) is 5.78. The second-order valence-corrected chi connectivity index (χ2v) is 7.57. The number of carbonyl (C=O) groups excluding carboxylic acids is 1. The molecule has 2 fully saturated rings. The quantitative estimate of drug-likeness (QED) is 0.811.